The van der Waals surface area contributed by atoms with Gasteiger partial charge in [-0.25, -0.2) is 0 Å². The monoisotopic (exact) mass is 322 g/mol. The highest BCUT2D eigenvalue weighted by Gasteiger charge is 2.23. The predicted octanol–water partition coefficient (Wildman–Crippen LogP) is 1.58. The molecule has 1 amide bonds. The molecule has 0 saturated carbocycles. The van der Waals surface area contributed by atoms with Gasteiger partial charge in [0, 0.05) is 0 Å². The zero-order chi connectivity index (χ0) is 17.2. The maximum Gasteiger partial charge on any atom is 0.320 e. The van der Waals surface area contributed by atoms with Crippen LogP contribution in [0, 0.1) is 12.8 Å². The molecule has 1 aromatic rings. The highest BCUT2D eigenvalue weighted by atomic mass is 16.5. The van der Waals surface area contributed by atoms with Crippen molar-refractivity contribution >= 4 is 11.9 Å². The van der Waals surface area contributed by atoms with Gasteiger partial charge in [-0.1, -0.05) is 32.4 Å². The standard InChI is InChI=1S/C17H26N2O4/c1-4-13(3)16(17(21)22)19-11-15(20)18-8-9-23-14-7-5-6-12(2)10-14/h5-7,10,13,16,19H,4,8-9,11H2,1-3H3,(H,18,20)(H,21,22)/t13-,16-/m0/s1. The third-order valence-electron chi connectivity index (χ3n) is 3.64. The molecule has 0 aliphatic rings. The molecule has 23 heavy (non-hydrogen) atoms. The van der Waals surface area contributed by atoms with E-state index in [9.17, 15) is 9.59 Å². The Kier molecular flexibility index (Phi) is 8.11. The van der Waals surface area contributed by atoms with Crippen LogP contribution in [0.3, 0.4) is 0 Å². The number of benzene rings is 1. The first-order valence-corrected chi connectivity index (χ1v) is 7.86. The van der Waals surface area contributed by atoms with Crippen LogP contribution >= 0.6 is 0 Å². The summed E-state index contributed by atoms with van der Waals surface area (Å²) in [5.74, 6) is -0.452. The fourth-order valence-corrected chi connectivity index (χ4v) is 2.10. The number of ether oxygens (including phenoxy) is 1. The Bertz CT molecular complexity index is 519. The molecule has 0 fully saturated rings. The van der Waals surface area contributed by atoms with E-state index in [2.05, 4.69) is 10.6 Å². The molecule has 0 heterocycles. The highest BCUT2D eigenvalue weighted by molar-refractivity contribution is 5.79. The lowest BCUT2D eigenvalue weighted by Crippen LogP contribution is -2.46. The van der Waals surface area contributed by atoms with Crippen LogP contribution in [0.1, 0.15) is 25.8 Å². The van der Waals surface area contributed by atoms with Crippen LogP contribution in [-0.4, -0.2) is 42.7 Å². The van der Waals surface area contributed by atoms with Gasteiger partial charge in [-0.15, -0.1) is 0 Å². The fraction of sp³-hybridized carbons (Fsp3) is 0.529. The summed E-state index contributed by atoms with van der Waals surface area (Å²) in [7, 11) is 0. The van der Waals surface area contributed by atoms with Crippen molar-refractivity contribution in [3.63, 3.8) is 0 Å². The summed E-state index contributed by atoms with van der Waals surface area (Å²) in [5.41, 5.74) is 1.11. The molecule has 0 radical (unpaired) electrons. The van der Waals surface area contributed by atoms with E-state index in [4.69, 9.17) is 9.84 Å². The van der Waals surface area contributed by atoms with E-state index in [0.29, 0.717) is 13.2 Å². The Morgan fingerprint density at radius 2 is 2.09 bits per heavy atom. The number of carbonyl (C=O) groups is 2. The van der Waals surface area contributed by atoms with Crippen molar-refractivity contribution in [1.29, 1.82) is 0 Å². The maximum absolute atomic E-state index is 11.7. The Morgan fingerprint density at radius 1 is 1.35 bits per heavy atom. The van der Waals surface area contributed by atoms with E-state index in [1.807, 2.05) is 45.0 Å². The summed E-state index contributed by atoms with van der Waals surface area (Å²) in [6.45, 7) is 6.46. The van der Waals surface area contributed by atoms with Gasteiger partial charge < -0.3 is 15.2 Å². The third kappa shape index (κ3) is 7.15. The molecule has 1 aromatic carbocycles. The lowest BCUT2D eigenvalue weighted by Gasteiger charge is -2.19. The third-order valence-corrected chi connectivity index (χ3v) is 3.64. The zero-order valence-electron chi connectivity index (χ0n) is 14.0. The van der Waals surface area contributed by atoms with Gasteiger partial charge in [-0.2, -0.15) is 0 Å². The molecule has 0 bridgehead atoms. The molecule has 0 aliphatic heterocycles. The number of rotatable bonds is 10. The van der Waals surface area contributed by atoms with Crippen molar-refractivity contribution in [3.05, 3.63) is 29.8 Å². The topological polar surface area (TPSA) is 87.7 Å². The first-order valence-electron chi connectivity index (χ1n) is 7.86. The summed E-state index contributed by atoms with van der Waals surface area (Å²) in [6.07, 6.45) is 0.732. The van der Waals surface area contributed by atoms with Gasteiger partial charge in [0.25, 0.3) is 0 Å². The van der Waals surface area contributed by atoms with Crippen molar-refractivity contribution in [2.45, 2.75) is 33.2 Å². The van der Waals surface area contributed by atoms with Crippen molar-refractivity contribution < 1.29 is 19.4 Å². The number of carbonyl (C=O) groups excluding carboxylic acids is 1. The molecule has 0 aromatic heterocycles. The minimum Gasteiger partial charge on any atom is -0.492 e. The summed E-state index contributed by atoms with van der Waals surface area (Å²) >= 11 is 0. The van der Waals surface area contributed by atoms with Crippen LogP contribution < -0.4 is 15.4 Å². The van der Waals surface area contributed by atoms with Crippen LogP contribution in [0.25, 0.3) is 0 Å². The van der Waals surface area contributed by atoms with E-state index in [1.165, 1.54) is 0 Å². The molecule has 1 rings (SSSR count). The Morgan fingerprint density at radius 3 is 2.70 bits per heavy atom. The molecule has 0 saturated heterocycles. The van der Waals surface area contributed by atoms with Gasteiger partial charge in [0.15, 0.2) is 0 Å². The van der Waals surface area contributed by atoms with Gasteiger partial charge in [-0.3, -0.25) is 14.9 Å². The number of nitrogens with one attached hydrogen (secondary N) is 2. The second kappa shape index (κ2) is 9.84. The lowest BCUT2D eigenvalue weighted by atomic mass is 9.99. The van der Waals surface area contributed by atoms with Crippen molar-refractivity contribution in [1.82, 2.24) is 10.6 Å². The molecule has 3 N–H and O–H groups in total. The van der Waals surface area contributed by atoms with Crippen LogP contribution in [0.5, 0.6) is 5.75 Å². The van der Waals surface area contributed by atoms with Crippen molar-refractivity contribution in [2.24, 2.45) is 5.92 Å². The van der Waals surface area contributed by atoms with Crippen LogP contribution in [0.2, 0.25) is 0 Å². The van der Waals surface area contributed by atoms with Crippen LogP contribution in [0.4, 0.5) is 0 Å². The number of aryl methyl sites for hydroxylation is 1. The quantitative estimate of drug-likeness (QED) is 0.569. The Hall–Kier alpha value is -2.08. The van der Waals surface area contributed by atoms with Gasteiger partial charge in [0.1, 0.15) is 18.4 Å². The molecular weight excluding hydrogens is 296 g/mol. The molecule has 6 nitrogen and oxygen atoms in total. The molecule has 0 aliphatic carbocycles. The average Bonchev–Trinajstić information content (AvgIpc) is 2.51. The van der Waals surface area contributed by atoms with E-state index in [-0.39, 0.29) is 18.4 Å². The van der Waals surface area contributed by atoms with Crippen LogP contribution in [0.15, 0.2) is 24.3 Å². The molecule has 2 atom stereocenters. The number of carboxylic acid groups (broad SMARTS) is 1. The number of aliphatic carboxylic acids is 1. The second-order valence-electron chi connectivity index (χ2n) is 5.60. The van der Waals surface area contributed by atoms with E-state index < -0.39 is 12.0 Å². The molecule has 0 unspecified atom stereocenters. The van der Waals surface area contributed by atoms with E-state index in [1.54, 1.807) is 0 Å². The minimum atomic E-state index is -0.935. The first kappa shape index (κ1) is 19.0. The van der Waals surface area contributed by atoms with Crippen molar-refractivity contribution in [2.75, 3.05) is 19.7 Å². The zero-order valence-corrected chi connectivity index (χ0v) is 14.0. The van der Waals surface area contributed by atoms with Gasteiger partial charge >= 0.3 is 5.97 Å². The summed E-state index contributed by atoms with van der Waals surface area (Å²) < 4.78 is 5.53. The normalized spacial score (nSPS) is 13.2. The van der Waals surface area contributed by atoms with Crippen molar-refractivity contribution in [3.8, 4) is 5.75 Å². The smallest absolute Gasteiger partial charge is 0.320 e. The Balaban J connectivity index is 2.25. The number of hydrogen-bond donors (Lipinski definition) is 3. The number of hydrogen-bond acceptors (Lipinski definition) is 4. The average molecular weight is 322 g/mol. The summed E-state index contributed by atoms with van der Waals surface area (Å²) in [6, 6.07) is 6.96. The lowest BCUT2D eigenvalue weighted by molar-refractivity contribution is -0.140. The van der Waals surface area contributed by atoms with Crippen LogP contribution in [-0.2, 0) is 9.59 Å². The van der Waals surface area contributed by atoms with E-state index in [0.717, 1.165) is 17.7 Å². The van der Waals surface area contributed by atoms with Gasteiger partial charge in [0.2, 0.25) is 5.91 Å². The first-order chi connectivity index (χ1) is 10.9. The maximum atomic E-state index is 11.7. The SMILES string of the molecule is CC[C@H](C)[C@H](NCC(=O)NCCOc1cccc(C)c1)C(=O)O. The van der Waals surface area contributed by atoms with Gasteiger partial charge in [-0.05, 0) is 30.5 Å². The minimum absolute atomic E-state index is 0.0221. The Labute approximate surface area is 137 Å². The molecule has 0 spiro atoms. The molecular formula is C17H26N2O4. The number of amides is 1. The van der Waals surface area contributed by atoms with Gasteiger partial charge in [0.05, 0.1) is 13.1 Å². The fourth-order valence-electron chi connectivity index (χ4n) is 2.10. The number of carboxylic acids is 1. The highest BCUT2D eigenvalue weighted by Crippen LogP contribution is 2.11. The summed E-state index contributed by atoms with van der Waals surface area (Å²) in [5, 5.41) is 14.6. The van der Waals surface area contributed by atoms with E-state index >= 15 is 0 Å². The predicted molar refractivity (Wildman–Crippen MR) is 88.6 cm³/mol. The molecule has 128 valence electrons. The molecule has 6 heteroatoms. The summed E-state index contributed by atoms with van der Waals surface area (Å²) in [4.78, 5) is 22.9. The largest absolute Gasteiger partial charge is 0.492 e. The second-order valence-corrected chi connectivity index (χ2v) is 5.60.